The third-order valence-electron chi connectivity index (χ3n) is 5.14. The monoisotopic (exact) mass is 439 g/mol. The molecule has 0 N–H and O–H groups in total. The molecular weight excluding hydrogens is 398 g/mol. The third-order valence-corrected chi connectivity index (χ3v) is 9.62. The number of likely N-dealkylation sites (N-methyl/N-ethyl adjacent to an activating group) is 1. The van der Waals surface area contributed by atoms with Crippen molar-refractivity contribution in [2.24, 2.45) is 0 Å². The van der Waals surface area contributed by atoms with Crippen molar-refractivity contribution in [3.05, 3.63) is 29.3 Å². The van der Waals surface area contributed by atoms with Gasteiger partial charge in [-0.25, -0.2) is 4.79 Å². The third kappa shape index (κ3) is 9.06. The van der Waals surface area contributed by atoms with Crippen LogP contribution in [-0.4, -0.2) is 52.2 Å². The smallest absolute Gasteiger partial charge is 0.410 e. The number of ether oxygens (including phenoxy) is 3. The average molecular weight is 440 g/mol. The molecule has 1 amide bonds. The van der Waals surface area contributed by atoms with Gasteiger partial charge in [0, 0.05) is 14.2 Å². The van der Waals surface area contributed by atoms with E-state index in [9.17, 15) is 4.79 Å². The van der Waals surface area contributed by atoms with Crippen molar-refractivity contribution in [3.8, 4) is 5.75 Å². The normalized spacial score (nSPS) is 12.6. The lowest BCUT2D eigenvalue weighted by molar-refractivity contribution is 0.0278. The fraction of sp³-hybridized carbons (Fsp3) is 0.696. The van der Waals surface area contributed by atoms with Gasteiger partial charge in [0.1, 0.15) is 18.0 Å². The predicted molar refractivity (Wildman–Crippen MR) is 124 cm³/mol. The first kappa shape index (κ1) is 26.5. The second-order valence-corrected chi connectivity index (χ2v) is 15.0. The van der Waals surface area contributed by atoms with Crippen molar-refractivity contribution >= 4 is 14.4 Å². The highest BCUT2D eigenvalue weighted by Crippen LogP contribution is 2.37. The zero-order valence-electron chi connectivity index (χ0n) is 20.5. The first-order chi connectivity index (χ1) is 13.6. The summed E-state index contributed by atoms with van der Waals surface area (Å²) >= 11 is 0. The van der Waals surface area contributed by atoms with Crippen molar-refractivity contribution < 1.29 is 23.4 Å². The average Bonchev–Trinajstić information content (AvgIpc) is 2.57. The molecule has 0 fully saturated rings. The summed E-state index contributed by atoms with van der Waals surface area (Å²) in [5.41, 5.74) is 1.58. The van der Waals surface area contributed by atoms with Crippen LogP contribution in [0.25, 0.3) is 0 Å². The van der Waals surface area contributed by atoms with Crippen LogP contribution >= 0.6 is 0 Å². The molecule has 0 aromatic heterocycles. The van der Waals surface area contributed by atoms with Crippen LogP contribution < -0.4 is 4.74 Å². The van der Waals surface area contributed by atoms with Gasteiger partial charge in [0.15, 0.2) is 8.32 Å². The van der Waals surface area contributed by atoms with E-state index in [1.54, 1.807) is 14.2 Å². The first-order valence-electron chi connectivity index (χ1n) is 10.5. The lowest BCUT2D eigenvalue weighted by Gasteiger charge is -2.36. The van der Waals surface area contributed by atoms with E-state index in [0.717, 1.165) is 16.9 Å². The Labute approximate surface area is 184 Å². The van der Waals surface area contributed by atoms with E-state index in [1.165, 1.54) is 4.90 Å². The molecular formula is C23H41NO5Si. The number of carbonyl (C=O) groups excluding carboxylic acids is 1. The lowest BCUT2D eigenvalue weighted by atomic mass is 10.1. The van der Waals surface area contributed by atoms with Gasteiger partial charge in [-0.15, -0.1) is 0 Å². The molecule has 30 heavy (non-hydrogen) atoms. The maximum Gasteiger partial charge on any atom is 0.410 e. The Kier molecular flexibility index (Phi) is 9.39. The molecule has 1 aromatic carbocycles. The number of hydrogen-bond acceptors (Lipinski definition) is 5. The molecule has 0 unspecified atom stereocenters. The number of carbonyl (C=O) groups is 1. The Hall–Kier alpha value is -1.57. The Morgan fingerprint density at radius 2 is 1.57 bits per heavy atom. The summed E-state index contributed by atoms with van der Waals surface area (Å²) in [5.74, 6) is 0.746. The molecule has 1 aromatic rings. The zero-order valence-corrected chi connectivity index (χ0v) is 21.5. The van der Waals surface area contributed by atoms with E-state index < -0.39 is 13.9 Å². The van der Waals surface area contributed by atoms with Gasteiger partial charge in [0.05, 0.1) is 19.8 Å². The first-order valence-corrected chi connectivity index (χ1v) is 13.4. The molecule has 0 aliphatic heterocycles. The number of methoxy groups -OCH3 is 1. The van der Waals surface area contributed by atoms with Crippen LogP contribution in [0, 0.1) is 0 Å². The summed E-state index contributed by atoms with van der Waals surface area (Å²) < 4.78 is 23.0. The van der Waals surface area contributed by atoms with E-state index in [2.05, 4.69) is 39.9 Å². The minimum Gasteiger partial charge on any atom is -0.492 e. The summed E-state index contributed by atoms with van der Waals surface area (Å²) in [5, 5.41) is 0.155. The Bertz CT molecular complexity index is 692. The van der Waals surface area contributed by atoms with Gasteiger partial charge < -0.3 is 23.5 Å². The molecule has 0 saturated carbocycles. The van der Waals surface area contributed by atoms with Crippen LogP contribution in [0.2, 0.25) is 18.1 Å². The molecule has 0 heterocycles. The van der Waals surface area contributed by atoms with Gasteiger partial charge in [0.2, 0.25) is 0 Å². The second-order valence-electron chi connectivity index (χ2n) is 10.2. The summed E-state index contributed by atoms with van der Waals surface area (Å²) in [6.45, 7) is 18.6. The van der Waals surface area contributed by atoms with Gasteiger partial charge in [0.25, 0.3) is 0 Å². The molecule has 1 rings (SSSR count). The van der Waals surface area contributed by atoms with Gasteiger partial charge >= 0.3 is 6.09 Å². The van der Waals surface area contributed by atoms with Gasteiger partial charge in [-0.1, -0.05) is 26.8 Å². The molecule has 0 aliphatic rings. The second kappa shape index (κ2) is 10.6. The Morgan fingerprint density at radius 3 is 2.07 bits per heavy atom. The molecule has 0 radical (unpaired) electrons. The minimum absolute atomic E-state index is 0.155. The highest BCUT2D eigenvalue weighted by molar-refractivity contribution is 6.74. The summed E-state index contributed by atoms with van der Waals surface area (Å²) in [6, 6.07) is 6.06. The lowest BCUT2D eigenvalue weighted by Crippen LogP contribution is -2.40. The largest absolute Gasteiger partial charge is 0.492 e. The number of nitrogens with zero attached hydrogens (tertiary/aromatic N) is 1. The van der Waals surface area contributed by atoms with Crippen LogP contribution in [0.1, 0.15) is 52.7 Å². The van der Waals surface area contributed by atoms with E-state index in [1.807, 2.05) is 32.9 Å². The van der Waals surface area contributed by atoms with Gasteiger partial charge in [-0.3, -0.25) is 0 Å². The molecule has 0 spiro atoms. The highest BCUT2D eigenvalue weighted by Gasteiger charge is 2.37. The molecule has 172 valence electrons. The maximum absolute atomic E-state index is 12.1. The molecule has 0 aliphatic carbocycles. The maximum atomic E-state index is 12.1. The van der Waals surface area contributed by atoms with Crippen molar-refractivity contribution in [3.63, 3.8) is 0 Å². The quantitative estimate of drug-likeness (QED) is 0.469. The van der Waals surface area contributed by atoms with E-state index >= 15 is 0 Å². The predicted octanol–water partition coefficient (Wildman–Crippen LogP) is 5.60. The topological polar surface area (TPSA) is 57.2 Å². The Morgan fingerprint density at radius 1 is 1.00 bits per heavy atom. The standard InChI is InChI=1S/C23H41NO5Si/c1-22(2,3)29-21(25)24(7)11-12-27-20-14-18(16-26-8)13-19(15-20)17-28-30(9,10)23(4,5)6/h13-15H,11-12,16-17H2,1-10H3. The molecule has 0 bridgehead atoms. The fourth-order valence-electron chi connectivity index (χ4n) is 2.36. The SMILES string of the molecule is COCc1cc(CO[Si](C)(C)C(C)(C)C)cc(OCCN(C)C(=O)OC(C)(C)C)c1. The number of amides is 1. The summed E-state index contributed by atoms with van der Waals surface area (Å²) in [7, 11) is 1.54. The summed E-state index contributed by atoms with van der Waals surface area (Å²) in [4.78, 5) is 13.6. The van der Waals surface area contributed by atoms with Gasteiger partial charge in [-0.2, -0.15) is 0 Å². The molecule has 6 nitrogen and oxygen atoms in total. The molecule has 0 saturated heterocycles. The minimum atomic E-state index is -1.84. The van der Waals surface area contributed by atoms with Crippen molar-refractivity contribution in [1.29, 1.82) is 0 Å². The molecule has 7 heteroatoms. The van der Waals surface area contributed by atoms with Crippen molar-refractivity contribution in [2.45, 2.75) is 78.5 Å². The van der Waals surface area contributed by atoms with Crippen LogP contribution in [0.4, 0.5) is 4.79 Å². The fourth-order valence-corrected chi connectivity index (χ4v) is 3.32. The number of benzene rings is 1. The van der Waals surface area contributed by atoms with Crippen molar-refractivity contribution in [2.75, 3.05) is 27.3 Å². The van der Waals surface area contributed by atoms with Crippen LogP contribution in [0.15, 0.2) is 18.2 Å². The Balaban J connectivity index is 2.77. The van der Waals surface area contributed by atoms with Crippen molar-refractivity contribution in [1.82, 2.24) is 4.90 Å². The zero-order chi connectivity index (χ0) is 23.2. The van der Waals surface area contributed by atoms with E-state index in [4.69, 9.17) is 18.6 Å². The van der Waals surface area contributed by atoms with Gasteiger partial charge in [-0.05, 0) is 62.2 Å². The van der Waals surface area contributed by atoms with Crippen LogP contribution in [-0.2, 0) is 27.1 Å². The highest BCUT2D eigenvalue weighted by atomic mass is 28.4. The van der Waals surface area contributed by atoms with E-state index in [0.29, 0.717) is 26.4 Å². The number of rotatable bonds is 9. The van der Waals surface area contributed by atoms with E-state index in [-0.39, 0.29) is 11.1 Å². The van der Waals surface area contributed by atoms with Crippen LogP contribution in [0.5, 0.6) is 5.75 Å². The number of hydrogen-bond donors (Lipinski definition) is 0. The summed E-state index contributed by atoms with van der Waals surface area (Å²) in [6.07, 6.45) is -0.359. The molecule has 0 atom stereocenters. The van der Waals surface area contributed by atoms with Crippen LogP contribution in [0.3, 0.4) is 0 Å².